The zero-order valence-electron chi connectivity index (χ0n) is 13.0. The fourth-order valence-electron chi connectivity index (χ4n) is 3.83. The number of carbonyl (C=O) groups is 2. The summed E-state index contributed by atoms with van der Waals surface area (Å²) in [6.07, 6.45) is 4.10. The predicted octanol–water partition coefficient (Wildman–Crippen LogP) is 2.44. The Morgan fingerprint density at radius 2 is 1.86 bits per heavy atom. The summed E-state index contributed by atoms with van der Waals surface area (Å²) in [7, 11) is 0. The lowest BCUT2D eigenvalue weighted by Crippen LogP contribution is -2.46. The van der Waals surface area contributed by atoms with E-state index < -0.39 is 11.9 Å². The Kier molecular flexibility index (Phi) is 3.82. The molecule has 1 aliphatic carbocycles. The Morgan fingerprint density at radius 3 is 2.38 bits per heavy atom. The Labute approximate surface area is 124 Å². The molecule has 0 aliphatic heterocycles. The van der Waals surface area contributed by atoms with Crippen LogP contribution >= 0.6 is 0 Å². The standard InChI is InChI=1S/C15H23N3O3/c1-14(2)5-9(6-15(3,4)7-14)18-12(19)10-11(13(20)21)17-8-16-10/h8-9H,5-7H2,1-4H3,(H,16,17)(H,18,19)(H,20,21). The van der Waals surface area contributed by atoms with Gasteiger partial charge < -0.3 is 15.4 Å². The number of carboxylic acids is 1. The van der Waals surface area contributed by atoms with Gasteiger partial charge >= 0.3 is 5.97 Å². The molecule has 1 aromatic heterocycles. The number of aromatic nitrogens is 2. The first-order chi connectivity index (χ1) is 9.60. The van der Waals surface area contributed by atoms with E-state index in [1.54, 1.807) is 0 Å². The number of nitrogens with zero attached hydrogens (tertiary/aromatic N) is 1. The monoisotopic (exact) mass is 293 g/mol. The number of carbonyl (C=O) groups excluding carboxylic acids is 1. The molecule has 3 N–H and O–H groups in total. The molecule has 0 bridgehead atoms. The maximum Gasteiger partial charge on any atom is 0.354 e. The normalized spacial score (nSPS) is 21.0. The summed E-state index contributed by atoms with van der Waals surface area (Å²) in [6.45, 7) is 8.79. The molecule has 1 amide bonds. The van der Waals surface area contributed by atoms with Crippen LogP contribution in [0.3, 0.4) is 0 Å². The highest BCUT2D eigenvalue weighted by Gasteiger charge is 2.39. The van der Waals surface area contributed by atoms with Crippen LogP contribution in [0.15, 0.2) is 6.33 Å². The summed E-state index contributed by atoms with van der Waals surface area (Å²) in [5.74, 6) is -1.60. The lowest BCUT2D eigenvalue weighted by atomic mass is 9.63. The molecule has 6 nitrogen and oxygen atoms in total. The van der Waals surface area contributed by atoms with Crippen molar-refractivity contribution in [3.05, 3.63) is 17.7 Å². The van der Waals surface area contributed by atoms with E-state index in [1.165, 1.54) is 6.33 Å². The third kappa shape index (κ3) is 3.62. The molecule has 0 saturated heterocycles. The number of carboxylic acid groups (broad SMARTS) is 1. The second-order valence-corrected chi connectivity index (χ2v) is 7.52. The Bertz CT molecular complexity index is 544. The summed E-state index contributed by atoms with van der Waals surface area (Å²) >= 11 is 0. The molecule has 116 valence electrons. The Hall–Kier alpha value is -1.85. The second kappa shape index (κ2) is 5.16. The molecule has 0 aromatic carbocycles. The van der Waals surface area contributed by atoms with Crippen LogP contribution in [0.1, 0.15) is 67.9 Å². The molecule has 2 rings (SSSR count). The number of hydrogen-bond acceptors (Lipinski definition) is 3. The maximum absolute atomic E-state index is 12.3. The van der Waals surface area contributed by atoms with Crippen LogP contribution in [-0.4, -0.2) is 33.0 Å². The van der Waals surface area contributed by atoms with Gasteiger partial charge in [-0.25, -0.2) is 9.78 Å². The zero-order valence-corrected chi connectivity index (χ0v) is 13.0. The van der Waals surface area contributed by atoms with E-state index in [-0.39, 0.29) is 28.3 Å². The molecule has 0 radical (unpaired) electrons. The van der Waals surface area contributed by atoms with Crippen LogP contribution < -0.4 is 5.32 Å². The number of amides is 1. The summed E-state index contributed by atoms with van der Waals surface area (Å²) in [4.78, 5) is 29.6. The second-order valence-electron chi connectivity index (χ2n) is 7.52. The van der Waals surface area contributed by atoms with E-state index in [0.29, 0.717) is 0 Å². The van der Waals surface area contributed by atoms with Crippen molar-refractivity contribution in [2.45, 2.75) is 53.0 Å². The molecule has 0 spiro atoms. The topological polar surface area (TPSA) is 95.1 Å². The van der Waals surface area contributed by atoms with Gasteiger partial charge in [-0.1, -0.05) is 27.7 Å². The highest BCUT2D eigenvalue weighted by atomic mass is 16.4. The van der Waals surface area contributed by atoms with Gasteiger partial charge in [-0.05, 0) is 30.1 Å². The van der Waals surface area contributed by atoms with Crippen molar-refractivity contribution in [2.75, 3.05) is 0 Å². The molecule has 6 heteroatoms. The van der Waals surface area contributed by atoms with Crippen molar-refractivity contribution in [3.63, 3.8) is 0 Å². The van der Waals surface area contributed by atoms with Gasteiger partial charge in [0.1, 0.15) is 0 Å². The quantitative estimate of drug-likeness (QED) is 0.797. The SMILES string of the molecule is CC1(C)CC(NC(=O)c2nc[nH]c2C(=O)O)CC(C)(C)C1. The lowest BCUT2D eigenvalue weighted by Gasteiger charge is -2.45. The van der Waals surface area contributed by atoms with E-state index in [9.17, 15) is 9.59 Å². The number of aromatic amines is 1. The largest absolute Gasteiger partial charge is 0.477 e. The zero-order chi connectivity index (χ0) is 15.8. The molecular formula is C15H23N3O3. The van der Waals surface area contributed by atoms with Gasteiger partial charge in [0.05, 0.1) is 6.33 Å². The maximum atomic E-state index is 12.3. The molecular weight excluding hydrogens is 270 g/mol. The third-order valence-electron chi connectivity index (χ3n) is 3.96. The van der Waals surface area contributed by atoms with Gasteiger partial charge in [-0.15, -0.1) is 0 Å². The molecule has 0 unspecified atom stereocenters. The van der Waals surface area contributed by atoms with Crippen molar-refractivity contribution in [2.24, 2.45) is 10.8 Å². The summed E-state index contributed by atoms with van der Waals surface area (Å²) in [5.41, 5.74) is 0.0902. The van der Waals surface area contributed by atoms with Gasteiger partial charge in [-0.3, -0.25) is 4.79 Å². The smallest absolute Gasteiger partial charge is 0.354 e. The van der Waals surface area contributed by atoms with E-state index in [4.69, 9.17) is 5.11 Å². The first-order valence-electron chi connectivity index (χ1n) is 7.17. The summed E-state index contributed by atoms with van der Waals surface area (Å²) in [6, 6.07) is 0.0367. The van der Waals surface area contributed by atoms with Crippen molar-refractivity contribution in [1.82, 2.24) is 15.3 Å². The van der Waals surface area contributed by atoms with E-state index in [2.05, 4.69) is 43.0 Å². The Morgan fingerprint density at radius 1 is 1.29 bits per heavy atom. The van der Waals surface area contributed by atoms with Crippen molar-refractivity contribution < 1.29 is 14.7 Å². The summed E-state index contributed by atoms with van der Waals surface area (Å²) < 4.78 is 0. The van der Waals surface area contributed by atoms with E-state index in [1.807, 2.05) is 0 Å². The van der Waals surface area contributed by atoms with E-state index >= 15 is 0 Å². The molecule has 1 heterocycles. The number of hydrogen-bond donors (Lipinski definition) is 3. The number of nitrogens with one attached hydrogen (secondary N) is 2. The van der Waals surface area contributed by atoms with Crippen LogP contribution in [0.5, 0.6) is 0 Å². The minimum absolute atomic E-state index is 0.0367. The van der Waals surface area contributed by atoms with Crippen LogP contribution in [0.2, 0.25) is 0 Å². The first kappa shape index (κ1) is 15.5. The molecule has 1 aromatic rings. The van der Waals surface area contributed by atoms with Crippen molar-refractivity contribution in [3.8, 4) is 0 Å². The molecule has 1 fully saturated rings. The fraction of sp³-hybridized carbons (Fsp3) is 0.667. The first-order valence-corrected chi connectivity index (χ1v) is 7.17. The number of aromatic carboxylic acids is 1. The minimum atomic E-state index is -1.18. The van der Waals surface area contributed by atoms with Crippen LogP contribution in [0.4, 0.5) is 0 Å². The van der Waals surface area contributed by atoms with Crippen LogP contribution in [0, 0.1) is 10.8 Å². The third-order valence-corrected chi connectivity index (χ3v) is 3.96. The highest BCUT2D eigenvalue weighted by molar-refractivity contribution is 6.02. The van der Waals surface area contributed by atoms with Gasteiger partial charge in [0.15, 0.2) is 11.4 Å². The van der Waals surface area contributed by atoms with Crippen LogP contribution in [-0.2, 0) is 0 Å². The van der Waals surface area contributed by atoms with Gasteiger partial charge in [0.25, 0.3) is 5.91 Å². The molecule has 1 aliphatic rings. The van der Waals surface area contributed by atoms with Crippen LogP contribution in [0.25, 0.3) is 0 Å². The van der Waals surface area contributed by atoms with Gasteiger partial charge in [0.2, 0.25) is 0 Å². The number of imidazole rings is 1. The fourth-order valence-corrected chi connectivity index (χ4v) is 3.83. The van der Waals surface area contributed by atoms with Crippen molar-refractivity contribution in [1.29, 1.82) is 0 Å². The van der Waals surface area contributed by atoms with Crippen molar-refractivity contribution >= 4 is 11.9 Å². The average molecular weight is 293 g/mol. The predicted molar refractivity (Wildman–Crippen MR) is 78.2 cm³/mol. The molecule has 21 heavy (non-hydrogen) atoms. The van der Waals surface area contributed by atoms with E-state index in [0.717, 1.165) is 19.3 Å². The number of rotatable bonds is 3. The van der Waals surface area contributed by atoms with Gasteiger partial charge in [-0.2, -0.15) is 0 Å². The number of H-pyrrole nitrogens is 1. The Balaban J connectivity index is 2.12. The molecule has 0 atom stereocenters. The highest BCUT2D eigenvalue weighted by Crippen LogP contribution is 2.45. The van der Waals surface area contributed by atoms with Gasteiger partial charge in [0, 0.05) is 6.04 Å². The molecule has 1 saturated carbocycles. The summed E-state index contributed by atoms with van der Waals surface area (Å²) in [5, 5.41) is 12.0. The average Bonchev–Trinajstić information content (AvgIpc) is 2.72. The minimum Gasteiger partial charge on any atom is -0.477 e. The lowest BCUT2D eigenvalue weighted by molar-refractivity contribution is 0.0663.